The minimum Gasteiger partial charge on any atom is -0.480 e. The van der Waals surface area contributed by atoms with Crippen LogP contribution in [0.3, 0.4) is 0 Å². The van der Waals surface area contributed by atoms with E-state index in [4.69, 9.17) is 28.3 Å². The second kappa shape index (κ2) is 7.11. The third-order valence-corrected chi connectivity index (χ3v) is 4.16. The number of carbonyl (C=O) groups excluding carboxylic acids is 1. The average molecular weight is 331 g/mol. The topological polar surface area (TPSA) is 60.9 Å². The van der Waals surface area contributed by atoms with E-state index in [1.54, 1.807) is 23.1 Å². The minimum absolute atomic E-state index is 0.0170. The summed E-state index contributed by atoms with van der Waals surface area (Å²) in [6, 6.07) is 5.16. The summed E-state index contributed by atoms with van der Waals surface area (Å²) in [5, 5.41) is 9.64. The van der Waals surface area contributed by atoms with Crippen molar-refractivity contribution in [3.63, 3.8) is 0 Å². The molecule has 1 saturated heterocycles. The van der Waals surface area contributed by atoms with Crippen molar-refractivity contribution >= 4 is 35.1 Å². The Hall–Kier alpha value is -1.30. The van der Waals surface area contributed by atoms with Gasteiger partial charge in [0.05, 0.1) is 23.0 Å². The monoisotopic (exact) mass is 330 g/mol. The first-order chi connectivity index (χ1) is 9.95. The molecule has 0 unspecified atom stereocenters. The molecule has 114 valence electrons. The molecule has 0 aliphatic carbocycles. The Morgan fingerprint density at radius 1 is 1.10 bits per heavy atom. The maximum Gasteiger partial charge on any atom is 0.317 e. The number of aliphatic carboxylic acids is 1. The van der Waals surface area contributed by atoms with Gasteiger partial charge in [-0.1, -0.05) is 29.3 Å². The maximum absolute atomic E-state index is 12.2. The first-order valence-corrected chi connectivity index (χ1v) is 7.37. The summed E-state index contributed by atoms with van der Waals surface area (Å²) >= 11 is 11.8. The predicted octanol–water partition coefficient (Wildman–Crippen LogP) is 1.76. The van der Waals surface area contributed by atoms with Crippen LogP contribution in [0.15, 0.2) is 18.2 Å². The van der Waals surface area contributed by atoms with Gasteiger partial charge < -0.3 is 10.0 Å². The lowest BCUT2D eigenvalue weighted by molar-refractivity contribution is -0.139. The van der Waals surface area contributed by atoms with E-state index in [0.717, 1.165) is 5.56 Å². The molecule has 1 aromatic carbocycles. The third-order valence-electron chi connectivity index (χ3n) is 3.42. The summed E-state index contributed by atoms with van der Waals surface area (Å²) in [5.74, 6) is -0.825. The number of hydrogen-bond donors (Lipinski definition) is 1. The molecular formula is C14H16Cl2N2O3. The molecule has 0 atom stereocenters. The summed E-state index contributed by atoms with van der Waals surface area (Å²) in [6.45, 7) is 2.29. The highest BCUT2D eigenvalue weighted by molar-refractivity contribution is 6.42. The molecule has 0 spiro atoms. The number of benzene rings is 1. The molecule has 1 fully saturated rings. The lowest BCUT2D eigenvalue weighted by Gasteiger charge is -2.33. The van der Waals surface area contributed by atoms with Crippen LogP contribution in [0.25, 0.3) is 0 Å². The van der Waals surface area contributed by atoms with Crippen LogP contribution in [-0.4, -0.2) is 59.5 Å². The van der Waals surface area contributed by atoms with E-state index < -0.39 is 5.97 Å². The van der Waals surface area contributed by atoms with Gasteiger partial charge in [-0.25, -0.2) is 0 Å². The molecule has 21 heavy (non-hydrogen) atoms. The van der Waals surface area contributed by atoms with Gasteiger partial charge in [0.2, 0.25) is 5.91 Å². The fraction of sp³-hybridized carbons (Fsp3) is 0.429. The molecule has 1 aromatic rings. The van der Waals surface area contributed by atoms with E-state index in [1.165, 1.54) is 0 Å². The van der Waals surface area contributed by atoms with Crippen LogP contribution in [0, 0.1) is 0 Å². The van der Waals surface area contributed by atoms with Gasteiger partial charge in [-0.3, -0.25) is 14.5 Å². The van der Waals surface area contributed by atoms with E-state index in [2.05, 4.69) is 0 Å². The number of rotatable bonds is 4. The largest absolute Gasteiger partial charge is 0.480 e. The molecule has 0 aromatic heterocycles. The standard InChI is InChI=1S/C14H16Cl2N2O3/c15-11-2-1-10(7-12(11)16)8-13(19)18-5-3-17(4-6-18)9-14(20)21/h1-2,7H,3-6,8-9H2,(H,20,21). The van der Waals surface area contributed by atoms with Crippen molar-refractivity contribution in [2.75, 3.05) is 32.7 Å². The molecular weight excluding hydrogens is 315 g/mol. The Balaban J connectivity index is 1.87. The fourth-order valence-corrected chi connectivity index (χ4v) is 2.60. The number of carboxylic acid groups (broad SMARTS) is 1. The number of amides is 1. The third kappa shape index (κ3) is 4.59. The Morgan fingerprint density at radius 3 is 2.33 bits per heavy atom. The van der Waals surface area contributed by atoms with Crippen molar-refractivity contribution < 1.29 is 14.7 Å². The van der Waals surface area contributed by atoms with Crippen molar-refractivity contribution in [1.82, 2.24) is 9.80 Å². The van der Waals surface area contributed by atoms with E-state index in [-0.39, 0.29) is 18.9 Å². The Morgan fingerprint density at radius 2 is 1.76 bits per heavy atom. The fourth-order valence-electron chi connectivity index (χ4n) is 2.28. The summed E-state index contributed by atoms with van der Waals surface area (Å²) in [4.78, 5) is 26.4. The molecule has 1 amide bonds. The van der Waals surface area contributed by atoms with Crippen LogP contribution >= 0.6 is 23.2 Å². The first-order valence-electron chi connectivity index (χ1n) is 6.61. The molecule has 1 N–H and O–H groups in total. The zero-order valence-electron chi connectivity index (χ0n) is 11.4. The van der Waals surface area contributed by atoms with Crippen LogP contribution in [0.1, 0.15) is 5.56 Å². The minimum atomic E-state index is -0.842. The van der Waals surface area contributed by atoms with Crippen LogP contribution in [0.4, 0.5) is 0 Å². The van der Waals surface area contributed by atoms with Crippen molar-refractivity contribution in [2.45, 2.75) is 6.42 Å². The maximum atomic E-state index is 12.2. The number of hydrogen-bond acceptors (Lipinski definition) is 3. The average Bonchev–Trinajstić information content (AvgIpc) is 2.43. The van der Waals surface area contributed by atoms with Gasteiger partial charge in [-0.2, -0.15) is 0 Å². The van der Waals surface area contributed by atoms with Gasteiger partial charge in [0.25, 0.3) is 0 Å². The molecule has 1 heterocycles. The van der Waals surface area contributed by atoms with Crippen molar-refractivity contribution in [1.29, 1.82) is 0 Å². The number of carbonyl (C=O) groups is 2. The molecule has 0 radical (unpaired) electrons. The van der Waals surface area contributed by atoms with Gasteiger partial charge in [0, 0.05) is 26.2 Å². The highest BCUT2D eigenvalue weighted by Gasteiger charge is 2.22. The summed E-state index contributed by atoms with van der Waals surface area (Å²) in [6.07, 6.45) is 0.274. The van der Waals surface area contributed by atoms with E-state index >= 15 is 0 Å². The normalized spacial score (nSPS) is 16.0. The Bertz CT molecular complexity index is 543. The van der Waals surface area contributed by atoms with E-state index in [0.29, 0.717) is 36.2 Å². The van der Waals surface area contributed by atoms with Crippen LogP contribution < -0.4 is 0 Å². The zero-order valence-corrected chi connectivity index (χ0v) is 12.9. The van der Waals surface area contributed by atoms with Crippen LogP contribution in [-0.2, 0) is 16.0 Å². The molecule has 1 aliphatic rings. The Labute approximate surface area is 133 Å². The SMILES string of the molecule is O=C(O)CN1CCN(C(=O)Cc2ccc(Cl)c(Cl)c2)CC1. The van der Waals surface area contributed by atoms with Crippen LogP contribution in [0.2, 0.25) is 10.0 Å². The number of nitrogens with zero attached hydrogens (tertiary/aromatic N) is 2. The van der Waals surface area contributed by atoms with Gasteiger partial charge in [-0.15, -0.1) is 0 Å². The summed E-state index contributed by atoms with van der Waals surface area (Å²) in [7, 11) is 0. The van der Waals surface area contributed by atoms with Gasteiger partial charge in [0.15, 0.2) is 0 Å². The second-order valence-corrected chi connectivity index (χ2v) is 5.79. The number of carboxylic acids is 1. The Kier molecular flexibility index (Phi) is 5.45. The number of piperazine rings is 1. The van der Waals surface area contributed by atoms with Gasteiger partial charge in [-0.05, 0) is 17.7 Å². The quantitative estimate of drug-likeness (QED) is 0.913. The molecule has 0 saturated carbocycles. The van der Waals surface area contributed by atoms with Crippen LogP contribution in [0.5, 0.6) is 0 Å². The van der Waals surface area contributed by atoms with Crippen molar-refractivity contribution in [3.05, 3.63) is 33.8 Å². The lowest BCUT2D eigenvalue weighted by Crippen LogP contribution is -2.50. The summed E-state index contributed by atoms with van der Waals surface area (Å²) < 4.78 is 0. The molecule has 5 nitrogen and oxygen atoms in total. The second-order valence-electron chi connectivity index (χ2n) is 4.98. The zero-order chi connectivity index (χ0) is 15.4. The van der Waals surface area contributed by atoms with Crippen molar-refractivity contribution in [2.24, 2.45) is 0 Å². The summed E-state index contributed by atoms with van der Waals surface area (Å²) in [5.41, 5.74) is 0.822. The predicted molar refractivity (Wildman–Crippen MR) is 80.8 cm³/mol. The van der Waals surface area contributed by atoms with Crippen molar-refractivity contribution in [3.8, 4) is 0 Å². The smallest absolute Gasteiger partial charge is 0.317 e. The molecule has 0 bridgehead atoms. The molecule has 7 heteroatoms. The number of halogens is 2. The highest BCUT2D eigenvalue weighted by atomic mass is 35.5. The lowest BCUT2D eigenvalue weighted by atomic mass is 10.1. The molecule has 1 aliphatic heterocycles. The van der Waals surface area contributed by atoms with E-state index in [9.17, 15) is 9.59 Å². The van der Waals surface area contributed by atoms with Gasteiger partial charge >= 0.3 is 5.97 Å². The van der Waals surface area contributed by atoms with E-state index in [1.807, 2.05) is 4.90 Å². The highest BCUT2D eigenvalue weighted by Crippen LogP contribution is 2.23. The van der Waals surface area contributed by atoms with Gasteiger partial charge in [0.1, 0.15) is 0 Å². The first kappa shape index (κ1) is 16.1. The molecule has 2 rings (SSSR count).